The Morgan fingerprint density at radius 1 is 1.14 bits per heavy atom. The summed E-state index contributed by atoms with van der Waals surface area (Å²) >= 11 is 3.24. The smallest absolute Gasteiger partial charge is 0.375 e. The van der Waals surface area contributed by atoms with Gasteiger partial charge in [-0.1, -0.05) is 23.9 Å². The first-order valence-corrected chi connectivity index (χ1v) is 11.4. The molecular formula is C22H24N3O2S2+. The predicted molar refractivity (Wildman–Crippen MR) is 120 cm³/mol. The zero-order valence-corrected chi connectivity index (χ0v) is 18.4. The van der Waals surface area contributed by atoms with E-state index in [2.05, 4.69) is 49.1 Å². The van der Waals surface area contributed by atoms with Crippen molar-refractivity contribution in [2.45, 2.75) is 38.8 Å². The summed E-state index contributed by atoms with van der Waals surface area (Å²) < 4.78 is 11.0. The molecule has 1 aromatic carbocycles. The normalized spacial score (nSPS) is 16.2. The molecule has 0 unspecified atom stereocenters. The van der Waals surface area contributed by atoms with E-state index in [0.717, 1.165) is 33.2 Å². The van der Waals surface area contributed by atoms with Gasteiger partial charge in [-0.2, -0.15) is 4.57 Å². The fraction of sp³-hybridized carbons (Fsp3) is 0.273. The van der Waals surface area contributed by atoms with Crippen molar-refractivity contribution in [2.75, 3.05) is 11.4 Å². The van der Waals surface area contributed by atoms with Crippen LogP contribution in [-0.2, 0) is 13.1 Å². The van der Waals surface area contributed by atoms with E-state index in [-0.39, 0.29) is 5.56 Å². The van der Waals surface area contributed by atoms with E-state index in [1.807, 2.05) is 29.8 Å². The minimum Gasteiger partial charge on any atom is -0.407 e. The van der Waals surface area contributed by atoms with Gasteiger partial charge in [0.15, 0.2) is 6.26 Å². The number of benzene rings is 1. The van der Waals surface area contributed by atoms with E-state index in [1.165, 1.54) is 21.9 Å². The molecule has 4 rings (SSSR count). The summed E-state index contributed by atoms with van der Waals surface area (Å²) in [7, 11) is 0. The van der Waals surface area contributed by atoms with Crippen LogP contribution in [0.4, 0.5) is 5.69 Å². The van der Waals surface area contributed by atoms with Gasteiger partial charge in [0.25, 0.3) is 5.56 Å². The summed E-state index contributed by atoms with van der Waals surface area (Å²) in [4.78, 5) is 16.4. The number of hydrogen-bond acceptors (Lipinski definition) is 5. The lowest BCUT2D eigenvalue weighted by Crippen LogP contribution is -2.34. The Bertz CT molecular complexity index is 1230. The molecular weight excluding hydrogens is 402 g/mol. The number of nitrogens with zero attached hydrogens (tertiary/aromatic N) is 3. The number of aryl methyl sites for hydroxylation is 1. The number of hydrogen-bond donors (Lipinski definition) is 0. The molecule has 0 saturated carbocycles. The van der Waals surface area contributed by atoms with Gasteiger partial charge in [-0.25, -0.2) is 0 Å². The Labute approximate surface area is 177 Å². The lowest BCUT2D eigenvalue weighted by Gasteiger charge is -2.17. The molecule has 7 heteroatoms. The number of fused-ring (bicyclic) bond motifs is 1. The highest BCUT2D eigenvalue weighted by molar-refractivity contribution is 8.03. The summed E-state index contributed by atoms with van der Waals surface area (Å²) in [6.07, 6.45) is 9.53. The van der Waals surface area contributed by atoms with Crippen molar-refractivity contribution in [2.24, 2.45) is 0 Å². The van der Waals surface area contributed by atoms with E-state index in [4.69, 9.17) is 4.42 Å². The summed E-state index contributed by atoms with van der Waals surface area (Å²) in [5.74, 6) is 0.750. The zero-order chi connectivity index (χ0) is 20.4. The van der Waals surface area contributed by atoms with Crippen LogP contribution in [0, 0.1) is 0 Å². The first-order chi connectivity index (χ1) is 14.2. The Kier molecular flexibility index (Phi) is 5.78. The lowest BCUT2D eigenvalue weighted by atomic mass is 10.3. The third-order valence-electron chi connectivity index (χ3n) is 4.88. The summed E-state index contributed by atoms with van der Waals surface area (Å²) in [6, 6.07) is 8.40. The minimum absolute atomic E-state index is 0.0405. The molecule has 29 heavy (non-hydrogen) atoms. The molecule has 3 aromatic rings. The van der Waals surface area contributed by atoms with Crippen LogP contribution in [0.5, 0.6) is 0 Å². The molecule has 5 nitrogen and oxygen atoms in total. The minimum atomic E-state index is 0.0405. The average molecular weight is 427 g/mol. The van der Waals surface area contributed by atoms with Crippen LogP contribution in [0.1, 0.15) is 26.7 Å². The molecule has 1 aliphatic rings. The van der Waals surface area contributed by atoms with Crippen molar-refractivity contribution in [1.82, 2.24) is 4.57 Å². The maximum absolute atomic E-state index is 12.9. The van der Waals surface area contributed by atoms with Gasteiger partial charge in [0.05, 0.1) is 21.3 Å². The van der Waals surface area contributed by atoms with Gasteiger partial charge in [-0.15, -0.1) is 11.3 Å². The SMILES string of the molecule is CCN1C(=CC=c2sc(=Cc3occ[n+]3CC)n(CC)c2=O)Sc2ccccc21. The van der Waals surface area contributed by atoms with E-state index in [0.29, 0.717) is 6.54 Å². The first kappa shape index (κ1) is 19.8. The Morgan fingerprint density at radius 2 is 1.97 bits per heavy atom. The van der Waals surface area contributed by atoms with E-state index < -0.39 is 0 Å². The van der Waals surface area contributed by atoms with Crippen LogP contribution < -0.4 is 24.2 Å². The molecule has 0 atom stereocenters. The van der Waals surface area contributed by atoms with E-state index in [9.17, 15) is 4.79 Å². The molecule has 2 aromatic heterocycles. The quantitative estimate of drug-likeness (QED) is 0.589. The zero-order valence-electron chi connectivity index (χ0n) is 16.8. The number of thiazole rings is 1. The van der Waals surface area contributed by atoms with Crippen LogP contribution in [0.3, 0.4) is 0 Å². The van der Waals surface area contributed by atoms with Crippen molar-refractivity contribution in [3.05, 3.63) is 73.3 Å². The third-order valence-corrected chi connectivity index (χ3v) is 7.09. The fourth-order valence-corrected chi connectivity index (χ4v) is 5.57. The van der Waals surface area contributed by atoms with Crippen LogP contribution >= 0.6 is 23.1 Å². The number of allylic oxidation sites excluding steroid dienone is 1. The van der Waals surface area contributed by atoms with Gasteiger partial charge in [-0.05, 0) is 45.1 Å². The number of aromatic nitrogens is 2. The monoisotopic (exact) mass is 426 g/mol. The van der Waals surface area contributed by atoms with Crippen molar-refractivity contribution in [1.29, 1.82) is 0 Å². The second-order valence-electron chi connectivity index (χ2n) is 6.51. The van der Waals surface area contributed by atoms with Gasteiger partial charge in [0.2, 0.25) is 6.20 Å². The molecule has 0 radical (unpaired) electrons. The largest absolute Gasteiger partial charge is 0.407 e. The molecule has 0 N–H and O–H groups in total. The molecule has 0 spiro atoms. The van der Waals surface area contributed by atoms with Crippen molar-refractivity contribution < 1.29 is 8.98 Å². The van der Waals surface area contributed by atoms with E-state index in [1.54, 1.807) is 22.6 Å². The van der Waals surface area contributed by atoms with Crippen molar-refractivity contribution in [3.63, 3.8) is 0 Å². The van der Waals surface area contributed by atoms with E-state index >= 15 is 0 Å². The van der Waals surface area contributed by atoms with Crippen LogP contribution in [0.2, 0.25) is 0 Å². The maximum atomic E-state index is 12.9. The fourth-order valence-electron chi connectivity index (χ4n) is 3.41. The third kappa shape index (κ3) is 3.72. The summed E-state index contributed by atoms with van der Waals surface area (Å²) in [5.41, 5.74) is 1.27. The number of para-hydroxylation sites is 1. The van der Waals surface area contributed by atoms with Gasteiger partial charge in [-0.3, -0.25) is 9.36 Å². The number of anilines is 1. The van der Waals surface area contributed by atoms with Crippen LogP contribution in [-0.4, -0.2) is 11.1 Å². The lowest BCUT2D eigenvalue weighted by molar-refractivity contribution is -0.698. The molecule has 0 bridgehead atoms. The average Bonchev–Trinajstić information content (AvgIpc) is 3.41. The second-order valence-corrected chi connectivity index (χ2v) is 8.64. The van der Waals surface area contributed by atoms with Gasteiger partial charge >= 0.3 is 5.89 Å². The molecule has 0 amide bonds. The van der Waals surface area contributed by atoms with Gasteiger partial charge < -0.3 is 9.32 Å². The number of rotatable bonds is 5. The molecule has 1 aliphatic heterocycles. The highest BCUT2D eigenvalue weighted by Crippen LogP contribution is 2.45. The molecule has 3 heterocycles. The second kappa shape index (κ2) is 8.47. The van der Waals surface area contributed by atoms with Crippen LogP contribution in [0.25, 0.3) is 12.2 Å². The number of thioether (sulfide) groups is 1. The van der Waals surface area contributed by atoms with Crippen molar-refractivity contribution >= 4 is 40.9 Å². The maximum Gasteiger partial charge on any atom is 0.375 e. The highest BCUT2D eigenvalue weighted by atomic mass is 32.2. The Balaban J connectivity index is 1.77. The summed E-state index contributed by atoms with van der Waals surface area (Å²) in [5, 5.41) is 1.14. The van der Waals surface area contributed by atoms with Crippen LogP contribution in [0.15, 0.2) is 61.9 Å². The highest BCUT2D eigenvalue weighted by Gasteiger charge is 2.22. The molecule has 150 valence electrons. The molecule has 0 fully saturated rings. The van der Waals surface area contributed by atoms with Crippen molar-refractivity contribution in [3.8, 4) is 0 Å². The first-order valence-electron chi connectivity index (χ1n) is 9.81. The topological polar surface area (TPSA) is 42.3 Å². The molecule has 0 saturated heterocycles. The number of oxazole rings is 1. The standard InChI is InChI=1S/C22H24N3O2S2/c1-4-23-13-14-27-19(23)15-21-25(6-3)22(26)18(29-21)11-12-20-24(5-2)16-9-7-8-10-17(16)28-20/h7-15H,4-6H2,1-3H3/q+1. The Morgan fingerprint density at radius 3 is 2.72 bits per heavy atom. The Hall–Kier alpha value is -2.51. The van der Waals surface area contributed by atoms with Gasteiger partial charge in [0, 0.05) is 18.0 Å². The summed E-state index contributed by atoms with van der Waals surface area (Å²) in [6.45, 7) is 8.54. The molecule has 0 aliphatic carbocycles. The predicted octanol–water partition coefficient (Wildman–Crippen LogP) is 2.91. The van der Waals surface area contributed by atoms with Gasteiger partial charge in [0.1, 0.15) is 11.2 Å².